The normalized spacial score (nSPS) is 8.85. The van der Waals surface area contributed by atoms with Crippen LogP contribution in [0.15, 0.2) is 36.1 Å². The summed E-state index contributed by atoms with van der Waals surface area (Å²) in [4.78, 5) is 0. The molecule has 1 aromatic carbocycles. The first-order valence-electron chi connectivity index (χ1n) is 4.30. The second-order valence-corrected chi connectivity index (χ2v) is 2.79. The van der Waals surface area contributed by atoms with Gasteiger partial charge >= 0.3 is 0 Å². The second kappa shape index (κ2) is 4.54. The third-order valence-corrected chi connectivity index (χ3v) is 1.88. The van der Waals surface area contributed by atoms with Gasteiger partial charge in [0.25, 0.3) is 0 Å². The molecule has 0 spiro atoms. The van der Waals surface area contributed by atoms with Gasteiger partial charge in [-0.3, -0.25) is 0 Å². The molecule has 0 bridgehead atoms. The molecular weight excluding hydrogens is 160 g/mol. The van der Waals surface area contributed by atoms with E-state index in [1.165, 1.54) is 5.56 Å². The van der Waals surface area contributed by atoms with Crippen LogP contribution in [0.25, 0.3) is 5.57 Å². The molecule has 1 rings (SSSR count). The van der Waals surface area contributed by atoms with E-state index in [1.54, 1.807) is 7.11 Å². The SMILES string of the molecule is CC=C=C(C)c1ccc(OC)cc1. The van der Waals surface area contributed by atoms with E-state index in [4.69, 9.17) is 4.74 Å². The molecule has 0 saturated carbocycles. The van der Waals surface area contributed by atoms with Gasteiger partial charge in [0.1, 0.15) is 5.75 Å². The summed E-state index contributed by atoms with van der Waals surface area (Å²) in [6, 6.07) is 7.97. The van der Waals surface area contributed by atoms with Crippen LogP contribution in [0.1, 0.15) is 19.4 Å². The summed E-state index contributed by atoms with van der Waals surface area (Å²) in [5, 5.41) is 0. The largest absolute Gasteiger partial charge is 0.497 e. The number of hydrogen-bond acceptors (Lipinski definition) is 1. The van der Waals surface area contributed by atoms with Crippen LogP contribution in [0, 0.1) is 0 Å². The Balaban J connectivity index is 2.99. The minimum absolute atomic E-state index is 0.886. The van der Waals surface area contributed by atoms with Crippen LogP contribution >= 0.6 is 0 Å². The molecule has 0 radical (unpaired) electrons. The maximum absolute atomic E-state index is 5.07. The minimum atomic E-state index is 0.886. The average Bonchev–Trinajstić information content (AvgIpc) is 2.18. The summed E-state index contributed by atoms with van der Waals surface area (Å²) in [6.45, 7) is 4.01. The molecule has 1 aromatic rings. The van der Waals surface area contributed by atoms with Crippen molar-refractivity contribution < 1.29 is 4.74 Å². The standard InChI is InChI=1S/C12H14O/c1-4-5-10(2)11-6-8-12(13-3)9-7-11/h4,6-9H,1-3H3. The molecule has 0 heterocycles. The predicted molar refractivity (Wildman–Crippen MR) is 55.8 cm³/mol. The number of rotatable bonds is 2. The first-order valence-corrected chi connectivity index (χ1v) is 4.30. The van der Waals surface area contributed by atoms with Gasteiger partial charge in [-0.1, -0.05) is 12.1 Å². The highest BCUT2D eigenvalue weighted by Crippen LogP contribution is 2.16. The van der Waals surface area contributed by atoms with E-state index < -0.39 is 0 Å². The van der Waals surface area contributed by atoms with Crippen LogP contribution < -0.4 is 4.74 Å². The molecule has 13 heavy (non-hydrogen) atoms. The van der Waals surface area contributed by atoms with Crippen molar-refractivity contribution >= 4 is 5.57 Å². The lowest BCUT2D eigenvalue weighted by Crippen LogP contribution is -1.83. The second-order valence-electron chi connectivity index (χ2n) is 2.79. The number of allylic oxidation sites excluding steroid dienone is 1. The van der Waals surface area contributed by atoms with Crippen LogP contribution in [-0.2, 0) is 0 Å². The van der Waals surface area contributed by atoms with Crippen molar-refractivity contribution in [3.8, 4) is 5.75 Å². The fourth-order valence-electron chi connectivity index (χ4n) is 1.14. The molecule has 0 aliphatic heterocycles. The lowest BCUT2D eigenvalue weighted by Gasteiger charge is -2.01. The highest BCUT2D eigenvalue weighted by molar-refractivity contribution is 5.63. The van der Waals surface area contributed by atoms with Gasteiger partial charge in [0.15, 0.2) is 0 Å². The lowest BCUT2D eigenvalue weighted by molar-refractivity contribution is 0.415. The van der Waals surface area contributed by atoms with Gasteiger partial charge < -0.3 is 4.74 Å². The lowest BCUT2D eigenvalue weighted by atomic mass is 10.1. The van der Waals surface area contributed by atoms with E-state index in [9.17, 15) is 0 Å². The molecule has 0 aliphatic rings. The fraction of sp³-hybridized carbons (Fsp3) is 0.250. The van der Waals surface area contributed by atoms with E-state index in [0.29, 0.717) is 0 Å². The van der Waals surface area contributed by atoms with Gasteiger partial charge in [0.2, 0.25) is 0 Å². The maximum Gasteiger partial charge on any atom is 0.118 e. The van der Waals surface area contributed by atoms with Gasteiger partial charge in [0.05, 0.1) is 7.11 Å². The molecule has 1 heteroatoms. The fourth-order valence-corrected chi connectivity index (χ4v) is 1.14. The van der Waals surface area contributed by atoms with Crippen molar-refractivity contribution in [2.24, 2.45) is 0 Å². The molecule has 0 amide bonds. The van der Waals surface area contributed by atoms with Gasteiger partial charge in [0, 0.05) is 0 Å². The summed E-state index contributed by atoms with van der Waals surface area (Å²) < 4.78 is 5.07. The first kappa shape index (κ1) is 9.63. The van der Waals surface area contributed by atoms with Crippen LogP contribution in [0.2, 0.25) is 0 Å². The molecule has 1 nitrogen and oxygen atoms in total. The molecule has 68 valence electrons. The van der Waals surface area contributed by atoms with E-state index in [-0.39, 0.29) is 0 Å². The van der Waals surface area contributed by atoms with Gasteiger partial charge in [-0.25, -0.2) is 0 Å². The van der Waals surface area contributed by atoms with Crippen molar-refractivity contribution in [3.05, 3.63) is 41.6 Å². The number of methoxy groups -OCH3 is 1. The van der Waals surface area contributed by atoms with E-state index in [1.807, 2.05) is 44.2 Å². The summed E-state index contributed by atoms with van der Waals surface area (Å²) in [5.74, 6) is 0.886. The minimum Gasteiger partial charge on any atom is -0.497 e. The summed E-state index contributed by atoms with van der Waals surface area (Å²) >= 11 is 0. The predicted octanol–water partition coefficient (Wildman–Crippen LogP) is 3.27. The number of benzene rings is 1. The summed E-state index contributed by atoms with van der Waals surface area (Å²) in [7, 11) is 1.67. The van der Waals surface area contributed by atoms with Crippen LogP contribution in [-0.4, -0.2) is 7.11 Å². The summed E-state index contributed by atoms with van der Waals surface area (Å²) in [5.41, 5.74) is 5.47. The highest BCUT2D eigenvalue weighted by Gasteiger charge is 1.94. The average molecular weight is 174 g/mol. The van der Waals surface area contributed by atoms with Gasteiger partial charge in [-0.05, 0) is 43.2 Å². The number of hydrogen-bond donors (Lipinski definition) is 0. The monoisotopic (exact) mass is 174 g/mol. The Kier molecular flexibility index (Phi) is 3.36. The Morgan fingerprint density at radius 3 is 2.38 bits per heavy atom. The van der Waals surface area contributed by atoms with E-state index >= 15 is 0 Å². The first-order chi connectivity index (χ1) is 6.27. The zero-order valence-electron chi connectivity index (χ0n) is 8.29. The Hall–Kier alpha value is -1.46. The van der Waals surface area contributed by atoms with E-state index in [0.717, 1.165) is 11.3 Å². The van der Waals surface area contributed by atoms with Gasteiger partial charge in [-0.15, -0.1) is 5.73 Å². The van der Waals surface area contributed by atoms with Crippen molar-refractivity contribution in [1.29, 1.82) is 0 Å². The molecule has 0 fully saturated rings. The molecule has 0 aromatic heterocycles. The topological polar surface area (TPSA) is 9.23 Å². The molecule has 0 saturated heterocycles. The number of ether oxygens (including phenoxy) is 1. The third-order valence-electron chi connectivity index (χ3n) is 1.88. The van der Waals surface area contributed by atoms with Gasteiger partial charge in [-0.2, -0.15) is 0 Å². The van der Waals surface area contributed by atoms with Crippen molar-refractivity contribution in [2.75, 3.05) is 7.11 Å². The van der Waals surface area contributed by atoms with Crippen molar-refractivity contribution in [2.45, 2.75) is 13.8 Å². The highest BCUT2D eigenvalue weighted by atomic mass is 16.5. The van der Waals surface area contributed by atoms with Crippen LogP contribution in [0.5, 0.6) is 5.75 Å². The Bertz CT molecular complexity index is 327. The third kappa shape index (κ3) is 2.50. The quantitative estimate of drug-likeness (QED) is 0.625. The Morgan fingerprint density at radius 1 is 1.31 bits per heavy atom. The zero-order valence-corrected chi connectivity index (χ0v) is 8.29. The van der Waals surface area contributed by atoms with Crippen LogP contribution in [0.3, 0.4) is 0 Å². The van der Waals surface area contributed by atoms with Crippen molar-refractivity contribution in [3.63, 3.8) is 0 Å². The molecule has 0 N–H and O–H groups in total. The molecular formula is C12H14O. The van der Waals surface area contributed by atoms with Crippen LogP contribution in [0.4, 0.5) is 0 Å². The molecule has 0 aliphatic carbocycles. The zero-order chi connectivity index (χ0) is 9.68. The van der Waals surface area contributed by atoms with E-state index in [2.05, 4.69) is 5.73 Å². The molecule has 0 unspecified atom stereocenters. The Morgan fingerprint density at radius 2 is 1.92 bits per heavy atom. The maximum atomic E-state index is 5.07. The smallest absolute Gasteiger partial charge is 0.118 e. The Labute approximate surface area is 79.4 Å². The summed E-state index contributed by atoms with van der Waals surface area (Å²) in [6.07, 6.45) is 1.92. The molecule has 0 atom stereocenters. The van der Waals surface area contributed by atoms with Crippen molar-refractivity contribution in [1.82, 2.24) is 0 Å².